The lowest BCUT2D eigenvalue weighted by molar-refractivity contribution is -0.140. The summed E-state index contributed by atoms with van der Waals surface area (Å²) in [7, 11) is 0. The Morgan fingerprint density at radius 3 is 1.62 bits per heavy atom. The Labute approximate surface area is 140 Å². The fourth-order valence-corrected chi connectivity index (χ4v) is 0.839. The third-order valence-corrected chi connectivity index (χ3v) is 2.26. The minimum absolute atomic E-state index is 0.0896. The van der Waals surface area contributed by atoms with Crippen LogP contribution < -0.4 is 16.8 Å². The van der Waals surface area contributed by atoms with Crippen LogP contribution in [0.4, 0.5) is 0 Å². The number of carboxylic acid groups (broad SMARTS) is 3. The van der Waals surface area contributed by atoms with Crippen LogP contribution in [0.3, 0.4) is 0 Å². The second-order valence-corrected chi connectivity index (χ2v) is 4.61. The van der Waals surface area contributed by atoms with Gasteiger partial charge in [-0.05, 0) is 26.3 Å². The Kier molecular flexibility index (Phi) is 19.8. The van der Waals surface area contributed by atoms with Crippen LogP contribution in [-0.4, -0.2) is 81.3 Å². The molecule has 0 heterocycles. The minimum atomic E-state index is -1.18. The zero-order valence-corrected chi connectivity index (χ0v) is 13.9. The molecule has 0 saturated heterocycles. The number of nitrogens with two attached hydrogens (primary N) is 2. The number of hydrogen-bond acceptors (Lipinski definition) is 8. The number of aliphatic carboxylic acids is 3. The Morgan fingerprint density at radius 2 is 1.46 bits per heavy atom. The standard InChI is InChI=1S/C7H15NO3.C3H7NO3.C3H7NO2/c1-2-4-8-6(3-5-9)7(10)11;4-2(1-5)3(6)7;1-2(4)3(5)6/h6,8-9H,2-5H2,1H3,(H,10,11);2,5H,1,4H2,(H,6,7);2H,4H2,1H3,(H,5,6). The van der Waals surface area contributed by atoms with Gasteiger partial charge in [-0.25, -0.2) is 0 Å². The van der Waals surface area contributed by atoms with Gasteiger partial charge in [0.15, 0.2) is 0 Å². The van der Waals surface area contributed by atoms with Gasteiger partial charge in [0.2, 0.25) is 0 Å². The molecular formula is C13H29N3O8. The van der Waals surface area contributed by atoms with Crippen molar-refractivity contribution < 1.29 is 39.9 Å². The number of aliphatic hydroxyl groups is 2. The van der Waals surface area contributed by atoms with Crippen molar-refractivity contribution in [1.82, 2.24) is 5.32 Å². The summed E-state index contributed by atoms with van der Waals surface area (Å²) in [6.45, 7) is 3.47. The van der Waals surface area contributed by atoms with E-state index >= 15 is 0 Å². The average molecular weight is 355 g/mol. The summed E-state index contributed by atoms with van der Waals surface area (Å²) in [6.07, 6.45) is 1.17. The molecule has 0 radical (unpaired) electrons. The Bertz CT molecular complexity index is 352. The molecule has 11 heteroatoms. The first-order valence-electron chi connectivity index (χ1n) is 7.19. The fourth-order valence-electron chi connectivity index (χ4n) is 0.839. The zero-order chi connectivity index (χ0) is 19.7. The zero-order valence-electron chi connectivity index (χ0n) is 13.9. The highest BCUT2D eigenvalue weighted by Gasteiger charge is 2.14. The molecule has 0 bridgehead atoms. The second kappa shape index (κ2) is 17.6. The third-order valence-electron chi connectivity index (χ3n) is 2.26. The number of rotatable bonds is 9. The Hall–Kier alpha value is -1.79. The maximum atomic E-state index is 10.4. The molecule has 11 nitrogen and oxygen atoms in total. The van der Waals surface area contributed by atoms with Crippen molar-refractivity contribution in [3.8, 4) is 0 Å². The number of nitrogens with one attached hydrogen (secondary N) is 1. The van der Waals surface area contributed by atoms with Crippen LogP contribution in [0.2, 0.25) is 0 Å². The summed E-state index contributed by atoms with van der Waals surface area (Å²) in [5.41, 5.74) is 9.60. The molecule has 3 atom stereocenters. The highest BCUT2D eigenvalue weighted by molar-refractivity contribution is 5.73. The lowest BCUT2D eigenvalue weighted by Crippen LogP contribution is -2.37. The molecule has 0 aliphatic rings. The van der Waals surface area contributed by atoms with Crippen LogP contribution in [0.25, 0.3) is 0 Å². The average Bonchev–Trinajstić information content (AvgIpc) is 2.51. The van der Waals surface area contributed by atoms with E-state index in [1.165, 1.54) is 6.92 Å². The molecular weight excluding hydrogens is 326 g/mol. The molecule has 0 rings (SSSR count). The van der Waals surface area contributed by atoms with E-state index in [0.717, 1.165) is 6.42 Å². The molecule has 0 fully saturated rings. The van der Waals surface area contributed by atoms with Crippen LogP contribution in [-0.2, 0) is 14.4 Å². The Morgan fingerprint density at radius 1 is 1.00 bits per heavy atom. The summed E-state index contributed by atoms with van der Waals surface area (Å²) in [5, 5.41) is 43.6. The van der Waals surface area contributed by atoms with Gasteiger partial charge >= 0.3 is 17.9 Å². The summed E-state index contributed by atoms with van der Waals surface area (Å²) < 4.78 is 0. The lowest BCUT2D eigenvalue weighted by Gasteiger charge is -2.11. The number of carbonyl (C=O) groups is 3. The van der Waals surface area contributed by atoms with E-state index in [-0.39, 0.29) is 13.0 Å². The van der Waals surface area contributed by atoms with Crippen LogP contribution >= 0.6 is 0 Å². The number of hydrogen-bond donors (Lipinski definition) is 8. The van der Waals surface area contributed by atoms with Crippen molar-refractivity contribution in [1.29, 1.82) is 0 Å². The van der Waals surface area contributed by atoms with Crippen molar-refractivity contribution in [3.05, 3.63) is 0 Å². The van der Waals surface area contributed by atoms with Crippen molar-refractivity contribution in [2.24, 2.45) is 11.5 Å². The molecule has 0 aromatic rings. The maximum Gasteiger partial charge on any atom is 0.322 e. The molecule has 0 spiro atoms. The van der Waals surface area contributed by atoms with E-state index < -0.39 is 42.6 Å². The summed E-state index contributed by atoms with van der Waals surface area (Å²) in [5.74, 6) is -3.04. The molecule has 0 aromatic heterocycles. The molecule has 0 aliphatic carbocycles. The smallest absolute Gasteiger partial charge is 0.322 e. The highest BCUT2D eigenvalue weighted by Crippen LogP contribution is 1.90. The fraction of sp³-hybridized carbons (Fsp3) is 0.769. The first-order chi connectivity index (χ1) is 11.0. The first-order valence-corrected chi connectivity index (χ1v) is 7.19. The largest absolute Gasteiger partial charge is 0.480 e. The molecule has 10 N–H and O–H groups in total. The predicted molar refractivity (Wildman–Crippen MR) is 85.4 cm³/mol. The summed E-state index contributed by atoms with van der Waals surface area (Å²) in [4.78, 5) is 29.6. The third kappa shape index (κ3) is 20.2. The molecule has 144 valence electrons. The van der Waals surface area contributed by atoms with Crippen molar-refractivity contribution in [2.45, 2.75) is 44.8 Å². The van der Waals surface area contributed by atoms with Crippen LogP contribution in [0.5, 0.6) is 0 Å². The van der Waals surface area contributed by atoms with Gasteiger partial charge in [-0.1, -0.05) is 6.92 Å². The van der Waals surface area contributed by atoms with Gasteiger partial charge < -0.3 is 42.3 Å². The van der Waals surface area contributed by atoms with Gasteiger partial charge in [0, 0.05) is 6.61 Å². The van der Waals surface area contributed by atoms with E-state index in [9.17, 15) is 14.4 Å². The van der Waals surface area contributed by atoms with Gasteiger partial charge in [-0.2, -0.15) is 0 Å². The van der Waals surface area contributed by atoms with E-state index in [0.29, 0.717) is 6.54 Å². The van der Waals surface area contributed by atoms with E-state index in [2.05, 4.69) is 5.32 Å². The predicted octanol–water partition coefficient (Wildman–Crippen LogP) is -2.37. The SMILES string of the molecule is CC(N)C(=O)O.CCCNC(CCO)C(=O)O.NC(CO)C(=O)O. The maximum absolute atomic E-state index is 10.4. The quantitative estimate of drug-likeness (QED) is 0.218. The van der Waals surface area contributed by atoms with Gasteiger partial charge in [-0.3, -0.25) is 14.4 Å². The van der Waals surface area contributed by atoms with Crippen molar-refractivity contribution in [2.75, 3.05) is 19.8 Å². The van der Waals surface area contributed by atoms with Gasteiger partial charge in [0.1, 0.15) is 18.1 Å². The van der Waals surface area contributed by atoms with E-state index in [1.807, 2.05) is 6.92 Å². The van der Waals surface area contributed by atoms with Crippen molar-refractivity contribution >= 4 is 17.9 Å². The highest BCUT2D eigenvalue weighted by atomic mass is 16.4. The summed E-state index contributed by atoms with van der Waals surface area (Å²) in [6, 6.07) is -2.45. The summed E-state index contributed by atoms with van der Waals surface area (Å²) >= 11 is 0. The second-order valence-electron chi connectivity index (χ2n) is 4.61. The molecule has 0 saturated carbocycles. The van der Waals surface area contributed by atoms with Crippen LogP contribution in [0.15, 0.2) is 0 Å². The van der Waals surface area contributed by atoms with Crippen molar-refractivity contribution in [3.63, 3.8) is 0 Å². The topological polar surface area (TPSA) is 216 Å². The first kappa shape index (κ1) is 27.1. The van der Waals surface area contributed by atoms with E-state index in [1.54, 1.807) is 0 Å². The minimum Gasteiger partial charge on any atom is -0.480 e. The molecule has 0 aromatic carbocycles. The molecule has 0 aliphatic heterocycles. The normalized spacial score (nSPS) is 13.2. The van der Waals surface area contributed by atoms with Gasteiger partial charge in [-0.15, -0.1) is 0 Å². The van der Waals surface area contributed by atoms with Gasteiger partial charge in [0.25, 0.3) is 0 Å². The molecule has 0 amide bonds. The number of aliphatic hydroxyl groups excluding tert-OH is 2. The number of carboxylic acids is 3. The monoisotopic (exact) mass is 355 g/mol. The van der Waals surface area contributed by atoms with Crippen LogP contribution in [0.1, 0.15) is 26.7 Å². The molecule has 24 heavy (non-hydrogen) atoms. The van der Waals surface area contributed by atoms with Gasteiger partial charge in [0.05, 0.1) is 6.61 Å². The lowest BCUT2D eigenvalue weighted by atomic mass is 10.2. The van der Waals surface area contributed by atoms with E-state index in [4.69, 9.17) is 37.0 Å². The van der Waals surface area contributed by atoms with Crippen LogP contribution in [0, 0.1) is 0 Å². The Balaban J connectivity index is -0.000000294. The molecule has 3 unspecified atom stereocenters.